The van der Waals surface area contributed by atoms with E-state index in [-0.39, 0.29) is 12.5 Å². The zero-order chi connectivity index (χ0) is 36.4. The summed E-state index contributed by atoms with van der Waals surface area (Å²) in [5, 5.41) is 22.8. The maximum atomic E-state index is 14.0. The molecule has 1 N–H and O–H groups in total. The van der Waals surface area contributed by atoms with E-state index in [1.54, 1.807) is 33.6 Å². The van der Waals surface area contributed by atoms with Crippen LogP contribution in [0.4, 0.5) is 4.39 Å². The Morgan fingerprint density at radius 1 is 0.904 bits per heavy atom. The van der Waals surface area contributed by atoms with E-state index >= 15 is 0 Å². The Morgan fingerprint density at radius 2 is 1.65 bits per heavy atom. The van der Waals surface area contributed by atoms with Crippen LogP contribution in [0.3, 0.4) is 0 Å². The van der Waals surface area contributed by atoms with Crippen molar-refractivity contribution in [3.8, 4) is 40.2 Å². The smallest absolute Gasteiger partial charge is 0.251 e. The molecule has 0 atom stereocenters. The Labute approximate surface area is 300 Å². The standard InChI is InChI=1S/C38H42FN9O4/c1-6-47-34(15-24(2)44-47)37-43-42-36(46(37)21-25-7-10-29(50-3)11-8-25)31-16-27(38(49)40-19-26-9-12-30(51-4)18-35(26)52-5)17-33-32(31)20-41-48(33)14-13-45-22-28(39)23-45/h7-12,15-18,20,28H,6,13-14,19,21-23H2,1-5H3,(H,40,49). The van der Waals surface area contributed by atoms with Gasteiger partial charge >= 0.3 is 0 Å². The number of ether oxygens (including phenoxy) is 3. The molecular formula is C38H42FN9O4. The number of nitrogens with one attached hydrogen (secondary N) is 1. The van der Waals surface area contributed by atoms with Gasteiger partial charge in [0.1, 0.15) is 29.1 Å². The van der Waals surface area contributed by atoms with Crippen LogP contribution in [0.2, 0.25) is 0 Å². The lowest BCUT2D eigenvalue weighted by atomic mass is 10.0. The number of amides is 1. The SMILES string of the molecule is CCn1nc(C)cc1-c1nnc(-c2cc(C(=O)NCc3ccc(OC)cc3OC)cc3c2cnn3CCN2CC(F)C2)n1Cc1ccc(OC)cc1. The molecule has 0 unspecified atom stereocenters. The van der Waals surface area contributed by atoms with Gasteiger partial charge in [0.05, 0.1) is 51.8 Å². The summed E-state index contributed by atoms with van der Waals surface area (Å²) in [6.45, 7) is 7.32. The quantitative estimate of drug-likeness (QED) is 0.164. The number of carbonyl (C=O) groups excluding carboxylic acids is 1. The molecule has 0 saturated carbocycles. The van der Waals surface area contributed by atoms with Crippen LogP contribution in [-0.2, 0) is 26.2 Å². The van der Waals surface area contributed by atoms with Crippen molar-refractivity contribution in [1.82, 2.24) is 44.5 Å². The summed E-state index contributed by atoms with van der Waals surface area (Å²) in [5.74, 6) is 2.97. The van der Waals surface area contributed by atoms with Gasteiger partial charge in [-0.25, -0.2) is 4.39 Å². The van der Waals surface area contributed by atoms with Gasteiger partial charge in [0.2, 0.25) is 0 Å². The molecule has 7 rings (SSSR count). The fraction of sp³-hybridized carbons (Fsp3) is 0.342. The lowest BCUT2D eigenvalue weighted by molar-refractivity contribution is 0.0622. The largest absolute Gasteiger partial charge is 0.497 e. The molecule has 3 aromatic carbocycles. The van der Waals surface area contributed by atoms with Gasteiger partial charge in [0.25, 0.3) is 5.91 Å². The highest BCUT2D eigenvalue weighted by atomic mass is 19.1. The molecule has 270 valence electrons. The van der Waals surface area contributed by atoms with Gasteiger partial charge in [-0.15, -0.1) is 10.2 Å². The summed E-state index contributed by atoms with van der Waals surface area (Å²) in [6.07, 6.45) is 1.01. The molecule has 0 bridgehead atoms. The van der Waals surface area contributed by atoms with Gasteiger partial charge in [-0.3, -0.25) is 19.1 Å². The third kappa shape index (κ3) is 6.93. The number of likely N-dealkylation sites (tertiary alicyclic amines) is 1. The van der Waals surface area contributed by atoms with Crippen LogP contribution in [0.25, 0.3) is 33.8 Å². The van der Waals surface area contributed by atoms with Crippen molar-refractivity contribution in [1.29, 1.82) is 0 Å². The number of alkyl halides is 1. The monoisotopic (exact) mass is 707 g/mol. The molecule has 4 heterocycles. The predicted octanol–water partition coefficient (Wildman–Crippen LogP) is 5.14. The Bertz CT molecular complexity index is 2200. The highest BCUT2D eigenvalue weighted by Crippen LogP contribution is 2.33. The first-order valence-corrected chi connectivity index (χ1v) is 17.2. The molecule has 0 radical (unpaired) electrons. The summed E-state index contributed by atoms with van der Waals surface area (Å²) in [4.78, 5) is 16.0. The predicted molar refractivity (Wildman–Crippen MR) is 195 cm³/mol. The molecule has 6 aromatic rings. The minimum atomic E-state index is -0.792. The van der Waals surface area contributed by atoms with Crippen molar-refractivity contribution >= 4 is 16.8 Å². The third-order valence-electron chi connectivity index (χ3n) is 9.42. The lowest BCUT2D eigenvalue weighted by Crippen LogP contribution is -2.49. The molecule has 1 fully saturated rings. The molecule has 0 spiro atoms. The fourth-order valence-electron chi connectivity index (χ4n) is 6.59. The molecule has 1 saturated heterocycles. The topological polar surface area (TPSA) is 126 Å². The van der Waals surface area contributed by atoms with Gasteiger partial charge in [-0.1, -0.05) is 12.1 Å². The summed E-state index contributed by atoms with van der Waals surface area (Å²) in [7, 11) is 4.82. The minimum absolute atomic E-state index is 0.232. The highest BCUT2D eigenvalue weighted by Gasteiger charge is 2.27. The number of aromatic nitrogens is 7. The van der Waals surface area contributed by atoms with Crippen molar-refractivity contribution in [2.45, 2.75) is 46.2 Å². The van der Waals surface area contributed by atoms with Crippen LogP contribution < -0.4 is 19.5 Å². The van der Waals surface area contributed by atoms with Gasteiger partial charge in [0.15, 0.2) is 11.6 Å². The van der Waals surface area contributed by atoms with Crippen molar-refractivity contribution in [3.63, 3.8) is 0 Å². The van der Waals surface area contributed by atoms with Crippen LogP contribution in [-0.4, -0.2) is 92.3 Å². The van der Waals surface area contributed by atoms with Gasteiger partial charge < -0.3 is 24.1 Å². The molecule has 13 nitrogen and oxygen atoms in total. The zero-order valence-electron chi connectivity index (χ0n) is 30.0. The molecule has 1 aliphatic rings. The van der Waals surface area contributed by atoms with E-state index in [1.165, 1.54) is 0 Å². The van der Waals surface area contributed by atoms with Crippen molar-refractivity contribution in [3.05, 3.63) is 89.2 Å². The van der Waals surface area contributed by atoms with E-state index in [1.807, 2.05) is 77.8 Å². The number of aryl methyl sites for hydroxylation is 2. The average Bonchev–Trinajstić information content (AvgIpc) is 3.87. The minimum Gasteiger partial charge on any atom is -0.497 e. The molecule has 0 aliphatic carbocycles. The van der Waals surface area contributed by atoms with Crippen LogP contribution in [0.1, 0.15) is 34.1 Å². The van der Waals surface area contributed by atoms with Crippen LogP contribution >= 0.6 is 0 Å². The van der Waals surface area contributed by atoms with E-state index in [9.17, 15) is 9.18 Å². The van der Waals surface area contributed by atoms with Crippen LogP contribution in [0.15, 0.2) is 66.9 Å². The first-order valence-electron chi connectivity index (χ1n) is 17.2. The molecule has 3 aromatic heterocycles. The summed E-state index contributed by atoms with van der Waals surface area (Å²) in [5.41, 5.74) is 5.41. The first-order chi connectivity index (χ1) is 25.3. The van der Waals surface area contributed by atoms with E-state index in [4.69, 9.17) is 29.5 Å². The van der Waals surface area contributed by atoms with Gasteiger partial charge in [-0.2, -0.15) is 10.2 Å². The van der Waals surface area contributed by atoms with Gasteiger partial charge in [-0.05, 0) is 61.9 Å². The van der Waals surface area contributed by atoms with Crippen LogP contribution in [0.5, 0.6) is 17.2 Å². The average molecular weight is 708 g/mol. The molecule has 1 amide bonds. The maximum absolute atomic E-state index is 14.0. The highest BCUT2D eigenvalue weighted by molar-refractivity contribution is 6.03. The van der Waals surface area contributed by atoms with E-state index in [0.29, 0.717) is 73.5 Å². The number of carbonyl (C=O) groups is 1. The Kier molecular flexibility index (Phi) is 9.90. The molecule has 52 heavy (non-hydrogen) atoms. The van der Waals surface area contributed by atoms with E-state index < -0.39 is 6.17 Å². The Balaban J connectivity index is 1.32. The zero-order valence-corrected chi connectivity index (χ0v) is 30.0. The van der Waals surface area contributed by atoms with Crippen molar-refractivity contribution < 1.29 is 23.4 Å². The first kappa shape index (κ1) is 34.7. The number of benzene rings is 3. The number of halogens is 1. The summed E-state index contributed by atoms with van der Waals surface area (Å²) >= 11 is 0. The molecular weight excluding hydrogens is 665 g/mol. The maximum Gasteiger partial charge on any atom is 0.251 e. The number of methoxy groups -OCH3 is 3. The summed E-state index contributed by atoms with van der Waals surface area (Å²) in [6, 6.07) is 19.0. The van der Waals surface area contributed by atoms with Gasteiger partial charge in [0, 0.05) is 60.9 Å². The number of fused-ring (bicyclic) bond motifs is 1. The lowest BCUT2D eigenvalue weighted by Gasteiger charge is -2.34. The number of hydrogen-bond acceptors (Lipinski definition) is 9. The fourth-order valence-corrected chi connectivity index (χ4v) is 6.59. The summed E-state index contributed by atoms with van der Waals surface area (Å²) < 4.78 is 35.8. The number of rotatable bonds is 14. The Morgan fingerprint density at radius 3 is 2.37 bits per heavy atom. The second-order valence-electron chi connectivity index (χ2n) is 12.8. The second-order valence-corrected chi connectivity index (χ2v) is 12.8. The normalized spacial score (nSPS) is 13.3. The third-order valence-corrected chi connectivity index (χ3v) is 9.42. The molecule has 1 aliphatic heterocycles. The van der Waals surface area contributed by atoms with Crippen molar-refractivity contribution in [2.75, 3.05) is 41.0 Å². The molecule has 14 heteroatoms. The Hall–Kier alpha value is -5.76. The second kappa shape index (κ2) is 14.8. The van der Waals surface area contributed by atoms with E-state index in [0.717, 1.165) is 39.2 Å². The van der Waals surface area contributed by atoms with E-state index in [2.05, 4.69) is 19.9 Å². The van der Waals surface area contributed by atoms with Crippen LogP contribution in [0, 0.1) is 6.92 Å². The number of nitrogens with zero attached hydrogens (tertiary/aromatic N) is 8. The number of hydrogen-bond donors (Lipinski definition) is 1. The van der Waals surface area contributed by atoms with Crippen molar-refractivity contribution in [2.24, 2.45) is 0 Å².